The summed E-state index contributed by atoms with van der Waals surface area (Å²) in [5.41, 5.74) is 2.72. The van der Waals surface area contributed by atoms with Crippen LogP contribution in [0.5, 0.6) is 0 Å². The molecule has 0 aromatic heterocycles. The predicted octanol–water partition coefficient (Wildman–Crippen LogP) is 4.57. The number of nitrogens with zero attached hydrogens (tertiary/aromatic N) is 2. The molecule has 8 heteroatoms. The zero-order chi connectivity index (χ0) is 26.5. The summed E-state index contributed by atoms with van der Waals surface area (Å²) in [4.78, 5) is 27.8. The van der Waals surface area contributed by atoms with E-state index in [1.807, 2.05) is 50.2 Å². The molecule has 1 heterocycles. The summed E-state index contributed by atoms with van der Waals surface area (Å²) >= 11 is 0. The molecule has 0 spiro atoms. The van der Waals surface area contributed by atoms with E-state index < -0.39 is 10.0 Å². The second kappa shape index (κ2) is 11.6. The Labute approximate surface area is 215 Å². The van der Waals surface area contributed by atoms with Gasteiger partial charge in [0.2, 0.25) is 21.8 Å². The summed E-state index contributed by atoms with van der Waals surface area (Å²) in [6.07, 6.45) is 1.62. The standard InChI is InChI=1S/C28H39N3O4S/c1-6-17-30(20-26(32)29-25-10-8-7-9-21(25)2)27(33)22-15-18-31(19-16-22)36(34,35)24-13-11-23(12-14-24)28(3,4)5/h7-14,22H,6,15-20H2,1-5H3,(H,29,32). The molecule has 1 aliphatic rings. The van der Waals surface area contributed by atoms with Gasteiger partial charge in [0.15, 0.2) is 0 Å². The quantitative estimate of drug-likeness (QED) is 0.560. The summed E-state index contributed by atoms with van der Waals surface area (Å²) < 4.78 is 27.8. The molecule has 0 radical (unpaired) electrons. The zero-order valence-corrected chi connectivity index (χ0v) is 22.9. The first-order valence-electron chi connectivity index (χ1n) is 12.7. The molecular weight excluding hydrogens is 474 g/mol. The molecular formula is C28H39N3O4S. The third-order valence-electron chi connectivity index (χ3n) is 6.72. The molecule has 0 aliphatic carbocycles. The van der Waals surface area contributed by atoms with E-state index in [0.717, 1.165) is 23.2 Å². The highest BCUT2D eigenvalue weighted by Crippen LogP contribution is 2.28. The Hall–Kier alpha value is -2.71. The number of carbonyl (C=O) groups excluding carboxylic acids is 2. The molecule has 1 N–H and O–H groups in total. The second-order valence-electron chi connectivity index (χ2n) is 10.6. The number of rotatable bonds is 8. The van der Waals surface area contributed by atoms with E-state index in [1.165, 1.54) is 4.31 Å². The van der Waals surface area contributed by atoms with Gasteiger partial charge in [0.1, 0.15) is 0 Å². The van der Waals surface area contributed by atoms with E-state index in [9.17, 15) is 18.0 Å². The monoisotopic (exact) mass is 513 g/mol. The van der Waals surface area contributed by atoms with Crippen molar-refractivity contribution in [2.24, 2.45) is 5.92 Å². The van der Waals surface area contributed by atoms with Crippen molar-refractivity contribution in [2.45, 2.75) is 64.2 Å². The van der Waals surface area contributed by atoms with Gasteiger partial charge in [-0.3, -0.25) is 9.59 Å². The Bertz CT molecular complexity index is 1160. The number of sulfonamides is 1. The molecule has 1 aliphatic heterocycles. The van der Waals surface area contributed by atoms with Gasteiger partial charge in [0.25, 0.3) is 0 Å². The molecule has 0 atom stereocenters. The third-order valence-corrected chi connectivity index (χ3v) is 8.63. The Morgan fingerprint density at radius 2 is 1.64 bits per heavy atom. The van der Waals surface area contributed by atoms with Crippen molar-refractivity contribution in [3.8, 4) is 0 Å². The van der Waals surface area contributed by atoms with Crippen molar-refractivity contribution in [3.05, 3.63) is 59.7 Å². The predicted molar refractivity (Wildman–Crippen MR) is 143 cm³/mol. The van der Waals surface area contributed by atoms with Crippen LogP contribution in [0, 0.1) is 12.8 Å². The fourth-order valence-corrected chi connectivity index (χ4v) is 5.96. The summed E-state index contributed by atoms with van der Waals surface area (Å²) in [5, 5.41) is 2.89. The summed E-state index contributed by atoms with van der Waals surface area (Å²) in [7, 11) is -3.62. The molecule has 36 heavy (non-hydrogen) atoms. The van der Waals surface area contributed by atoms with Gasteiger partial charge in [-0.15, -0.1) is 0 Å². The summed E-state index contributed by atoms with van der Waals surface area (Å²) in [6, 6.07) is 14.6. The van der Waals surface area contributed by atoms with Crippen LogP contribution < -0.4 is 5.32 Å². The van der Waals surface area contributed by atoms with Gasteiger partial charge in [-0.05, 0) is 60.9 Å². The minimum Gasteiger partial charge on any atom is -0.333 e. The number of piperidine rings is 1. The van der Waals surface area contributed by atoms with Gasteiger partial charge in [0.05, 0.1) is 11.4 Å². The Morgan fingerprint density at radius 3 is 2.19 bits per heavy atom. The van der Waals surface area contributed by atoms with Crippen LogP contribution in [-0.4, -0.2) is 55.6 Å². The smallest absolute Gasteiger partial charge is 0.244 e. The second-order valence-corrected chi connectivity index (χ2v) is 12.5. The van der Waals surface area contributed by atoms with Crippen LogP contribution in [0.15, 0.2) is 53.4 Å². The molecule has 0 saturated carbocycles. The lowest BCUT2D eigenvalue weighted by molar-refractivity contribution is -0.139. The van der Waals surface area contributed by atoms with Gasteiger partial charge < -0.3 is 10.2 Å². The fourth-order valence-electron chi connectivity index (χ4n) is 4.49. The Kier molecular flexibility index (Phi) is 8.95. The average molecular weight is 514 g/mol. The summed E-state index contributed by atoms with van der Waals surface area (Å²) in [5.74, 6) is -0.606. The largest absolute Gasteiger partial charge is 0.333 e. The van der Waals surface area contributed by atoms with Crippen molar-refractivity contribution in [3.63, 3.8) is 0 Å². The lowest BCUT2D eigenvalue weighted by atomic mass is 9.87. The number of hydrogen-bond acceptors (Lipinski definition) is 4. The molecule has 1 fully saturated rings. The number of para-hydroxylation sites is 1. The SMILES string of the molecule is CCCN(CC(=O)Nc1ccccc1C)C(=O)C1CCN(S(=O)(=O)c2ccc(C(C)(C)C)cc2)CC1. The van der Waals surface area contributed by atoms with Gasteiger partial charge in [-0.25, -0.2) is 8.42 Å². The van der Waals surface area contributed by atoms with E-state index in [4.69, 9.17) is 0 Å². The maximum atomic E-state index is 13.3. The lowest BCUT2D eigenvalue weighted by Gasteiger charge is -2.33. The first kappa shape index (κ1) is 27.9. The first-order chi connectivity index (χ1) is 16.9. The first-order valence-corrected chi connectivity index (χ1v) is 14.1. The maximum Gasteiger partial charge on any atom is 0.244 e. The number of nitrogens with one attached hydrogen (secondary N) is 1. The van der Waals surface area contributed by atoms with Crippen LogP contribution in [0.25, 0.3) is 0 Å². The molecule has 7 nitrogen and oxygen atoms in total. The number of carbonyl (C=O) groups is 2. The molecule has 2 aromatic rings. The number of aryl methyl sites for hydroxylation is 1. The number of benzene rings is 2. The van der Waals surface area contributed by atoms with Crippen molar-refractivity contribution in [1.82, 2.24) is 9.21 Å². The van der Waals surface area contributed by atoms with Crippen LogP contribution >= 0.6 is 0 Å². The summed E-state index contributed by atoms with van der Waals surface area (Å²) in [6.45, 7) is 11.2. The van der Waals surface area contributed by atoms with Gasteiger partial charge in [-0.1, -0.05) is 58.0 Å². The van der Waals surface area contributed by atoms with Gasteiger partial charge >= 0.3 is 0 Å². The van der Waals surface area contributed by atoms with E-state index in [-0.39, 0.29) is 47.7 Å². The molecule has 0 bridgehead atoms. The number of hydrogen-bond donors (Lipinski definition) is 1. The minimum absolute atomic E-state index is 0.0142. The molecule has 1 saturated heterocycles. The van der Waals surface area contributed by atoms with E-state index in [2.05, 4.69) is 26.1 Å². The minimum atomic E-state index is -3.62. The molecule has 196 valence electrons. The van der Waals surface area contributed by atoms with Gasteiger partial charge in [-0.2, -0.15) is 4.31 Å². The molecule has 3 rings (SSSR count). The van der Waals surface area contributed by atoms with E-state index in [0.29, 0.717) is 19.4 Å². The Morgan fingerprint density at radius 1 is 1.03 bits per heavy atom. The van der Waals surface area contributed by atoms with Crippen LogP contribution in [0.2, 0.25) is 0 Å². The van der Waals surface area contributed by atoms with Crippen LogP contribution in [-0.2, 0) is 25.0 Å². The average Bonchev–Trinajstić information content (AvgIpc) is 2.84. The van der Waals surface area contributed by atoms with E-state index in [1.54, 1.807) is 17.0 Å². The third kappa shape index (κ3) is 6.73. The van der Waals surface area contributed by atoms with Crippen molar-refractivity contribution in [1.29, 1.82) is 0 Å². The van der Waals surface area contributed by atoms with Gasteiger partial charge in [0, 0.05) is 31.2 Å². The van der Waals surface area contributed by atoms with Crippen molar-refractivity contribution < 1.29 is 18.0 Å². The van der Waals surface area contributed by atoms with E-state index >= 15 is 0 Å². The van der Waals surface area contributed by atoms with Crippen molar-refractivity contribution >= 4 is 27.5 Å². The highest BCUT2D eigenvalue weighted by Gasteiger charge is 2.34. The van der Waals surface area contributed by atoms with Crippen LogP contribution in [0.3, 0.4) is 0 Å². The van der Waals surface area contributed by atoms with Crippen LogP contribution in [0.1, 0.15) is 58.1 Å². The molecule has 2 amide bonds. The molecule has 2 aromatic carbocycles. The lowest BCUT2D eigenvalue weighted by Crippen LogP contribution is -2.46. The number of anilines is 1. The zero-order valence-electron chi connectivity index (χ0n) is 22.1. The van der Waals surface area contributed by atoms with Crippen LogP contribution in [0.4, 0.5) is 5.69 Å². The highest BCUT2D eigenvalue weighted by atomic mass is 32.2. The normalized spacial score (nSPS) is 15.5. The maximum absolute atomic E-state index is 13.3. The fraction of sp³-hybridized carbons (Fsp3) is 0.500. The van der Waals surface area contributed by atoms with Crippen molar-refractivity contribution in [2.75, 3.05) is 31.5 Å². The molecule has 0 unspecified atom stereocenters. The Balaban J connectivity index is 1.61. The highest BCUT2D eigenvalue weighted by molar-refractivity contribution is 7.89. The number of amides is 2. The topological polar surface area (TPSA) is 86.8 Å².